The number of aromatic nitrogens is 3. The van der Waals surface area contributed by atoms with Gasteiger partial charge in [-0.15, -0.1) is 0 Å². The average molecular weight is 806 g/mol. The fourth-order valence-corrected chi connectivity index (χ4v) is 8.46. The summed E-state index contributed by atoms with van der Waals surface area (Å²) in [6, 6.07) is 87.8. The first kappa shape index (κ1) is 38.8. The van der Waals surface area contributed by atoms with E-state index in [2.05, 4.69) is 240 Å². The molecule has 0 unspecified atom stereocenters. The second-order valence-corrected chi connectivity index (χ2v) is 15.4. The van der Waals surface area contributed by atoms with Gasteiger partial charge in [-0.3, -0.25) is 4.98 Å². The van der Waals surface area contributed by atoms with Gasteiger partial charge < -0.3 is 4.98 Å². The van der Waals surface area contributed by atoms with Crippen LogP contribution in [0.15, 0.2) is 255 Å². The van der Waals surface area contributed by atoms with E-state index in [-0.39, 0.29) is 0 Å². The second kappa shape index (κ2) is 18.1. The normalized spacial score (nSPS) is 10.9. The van der Waals surface area contributed by atoms with Crippen LogP contribution in [-0.2, 0) is 0 Å². The van der Waals surface area contributed by atoms with Crippen LogP contribution in [0.3, 0.4) is 0 Å². The molecule has 0 bridgehead atoms. The van der Waals surface area contributed by atoms with Crippen molar-refractivity contribution in [2.24, 2.45) is 0 Å². The Bertz CT molecular complexity index is 2840. The predicted molar refractivity (Wildman–Crippen MR) is 261 cm³/mol. The molecular formula is C60H43N3. The molecule has 2 heterocycles. The summed E-state index contributed by atoms with van der Waals surface area (Å²) < 4.78 is 0. The van der Waals surface area contributed by atoms with E-state index < -0.39 is 0 Å². The highest BCUT2D eigenvalue weighted by atomic mass is 15.0. The zero-order valence-corrected chi connectivity index (χ0v) is 34.6. The van der Waals surface area contributed by atoms with Crippen molar-refractivity contribution in [3.05, 3.63) is 299 Å². The van der Waals surface area contributed by atoms with Gasteiger partial charge in [-0.05, 0) is 78.9 Å². The third kappa shape index (κ3) is 8.24. The van der Waals surface area contributed by atoms with Gasteiger partial charge >= 0.3 is 0 Å². The Morgan fingerprint density at radius 1 is 0.286 bits per heavy atom. The number of hydrogen-bond acceptors (Lipinski definition) is 2. The predicted octanol–water partition coefficient (Wildman–Crippen LogP) is 14.8. The molecule has 3 heteroatoms. The first-order chi connectivity index (χ1) is 31.3. The third-order valence-corrected chi connectivity index (χ3v) is 11.4. The van der Waals surface area contributed by atoms with Crippen LogP contribution >= 0.6 is 0 Å². The third-order valence-electron chi connectivity index (χ3n) is 11.4. The van der Waals surface area contributed by atoms with Gasteiger partial charge in [0.2, 0.25) is 0 Å². The highest BCUT2D eigenvalue weighted by molar-refractivity contribution is 6.06. The van der Waals surface area contributed by atoms with Gasteiger partial charge in [0, 0.05) is 17.3 Å². The summed E-state index contributed by atoms with van der Waals surface area (Å²) in [5.41, 5.74) is 18.5. The highest BCUT2D eigenvalue weighted by Gasteiger charge is 2.21. The maximum atomic E-state index is 5.26. The molecule has 0 atom stereocenters. The Morgan fingerprint density at radius 2 is 0.587 bits per heavy atom. The molecule has 0 fully saturated rings. The summed E-state index contributed by atoms with van der Waals surface area (Å²) in [5, 5.41) is 0. The van der Waals surface area contributed by atoms with Crippen molar-refractivity contribution in [1.82, 2.24) is 15.0 Å². The van der Waals surface area contributed by atoms with Crippen LogP contribution in [-0.4, -0.2) is 15.0 Å². The summed E-state index contributed by atoms with van der Waals surface area (Å²) in [5.74, 6) is 0.717. The van der Waals surface area contributed by atoms with E-state index in [1.807, 2.05) is 24.4 Å². The Hall–Kier alpha value is -8.40. The van der Waals surface area contributed by atoms with Crippen molar-refractivity contribution in [2.45, 2.75) is 0 Å². The number of nitrogens with one attached hydrogen (secondary N) is 1. The quantitative estimate of drug-likeness (QED) is 0.132. The first-order valence-electron chi connectivity index (χ1n) is 21.3. The molecule has 3 nitrogen and oxygen atoms in total. The summed E-state index contributed by atoms with van der Waals surface area (Å²) >= 11 is 0. The number of rotatable bonds is 11. The van der Waals surface area contributed by atoms with Crippen molar-refractivity contribution in [2.75, 3.05) is 0 Å². The molecule has 63 heavy (non-hydrogen) atoms. The van der Waals surface area contributed by atoms with Crippen LogP contribution in [0.25, 0.3) is 56.3 Å². The fraction of sp³-hybridized carbons (Fsp3) is 0. The highest BCUT2D eigenvalue weighted by Crippen LogP contribution is 2.41. The van der Waals surface area contributed by atoms with E-state index in [9.17, 15) is 0 Å². The minimum Gasteiger partial charge on any atom is -0.336 e. The number of imidazole rings is 1. The lowest BCUT2D eigenvalue weighted by Gasteiger charge is -2.18. The average Bonchev–Trinajstić information content (AvgIpc) is 3.83. The molecule has 10 rings (SSSR count). The van der Waals surface area contributed by atoms with Crippen LogP contribution in [0.4, 0.5) is 0 Å². The zero-order chi connectivity index (χ0) is 42.2. The molecule has 298 valence electrons. The van der Waals surface area contributed by atoms with Gasteiger partial charge in [0.15, 0.2) is 5.82 Å². The van der Waals surface area contributed by atoms with Crippen LogP contribution in [0.2, 0.25) is 0 Å². The topological polar surface area (TPSA) is 41.6 Å². The van der Waals surface area contributed by atoms with E-state index in [4.69, 9.17) is 4.98 Å². The Labute approximate surface area is 369 Å². The molecule has 0 spiro atoms. The van der Waals surface area contributed by atoms with Crippen LogP contribution < -0.4 is 0 Å². The number of nitrogens with zero attached hydrogens (tertiary/aromatic N) is 2. The second-order valence-electron chi connectivity index (χ2n) is 15.4. The standard InChI is InChI=1S/C60H43N3/c1-7-21-43(22-8-1)54(44-23-9-2-10-24-44)56(47-29-15-5-16-30-47)49-34-38-51(39-35-49)58-59(63-60(62-58)53-33-19-20-42-61-53)52-40-36-50(37-41-52)57(48-31-17-6-18-32-48)55(45-25-11-3-12-26-45)46-27-13-4-14-28-46/h1-42H,(H,62,63). The lowest BCUT2D eigenvalue weighted by molar-refractivity contribution is 1.22. The fourth-order valence-electron chi connectivity index (χ4n) is 8.46. The van der Waals surface area contributed by atoms with Gasteiger partial charge in [0.25, 0.3) is 0 Å². The minimum atomic E-state index is 0.717. The number of hydrogen-bond donors (Lipinski definition) is 1. The van der Waals surface area contributed by atoms with E-state index in [1.54, 1.807) is 0 Å². The zero-order valence-electron chi connectivity index (χ0n) is 34.6. The smallest absolute Gasteiger partial charge is 0.157 e. The number of H-pyrrole nitrogens is 1. The van der Waals surface area contributed by atoms with Crippen molar-refractivity contribution in [3.63, 3.8) is 0 Å². The molecule has 0 saturated carbocycles. The van der Waals surface area contributed by atoms with E-state index in [0.29, 0.717) is 0 Å². The summed E-state index contributed by atoms with van der Waals surface area (Å²) in [6.45, 7) is 0. The van der Waals surface area contributed by atoms with Gasteiger partial charge in [0.05, 0.1) is 11.4 Å². The molecule has 8 aromatic carbocycles. The van der Waals surface area contributed by atoms with E-state index in [0.717, 1.165) is 78.5 Å². The summed E-state index contributed by atoms with van der Waals surface area (Å²) in [7, 11) is 0. The lowest BCUT2D eigenvalue weighted by Crippen LogP contribution is -1.98. The molecule has 0 aliphatic rings. The van der Waals surface area contributed by atoms with Crippen LogP contribution in [0.5, 0.6) is 0 Å². The Balaban J connectivity index is 1.11. The summed E-state index contributed by atoms with van der Waals surface area (Å²) in [4.78, 5) is 13.6. The van der Waals surface area contributed by atoms with Gasteiger partial charge in [-0.2, -0.15) is 0 Å². The van der Waals surface area contributed by atoms with Crippen molar-refractivity contribution >= 4 is 22.3 Å². The molecular weight excluding hydrogens is 763 g/mol. The van der Waals surface area contributed by atoms with Gasteiger partial charge in [0.1, 0.15) is 5.69 Å². The van der Waals surface area contributed by atoms with Crippen LogP contribution in [0, 0.1) is 0 Å². The molecule has 0 radical (unpaired) electrons. The van der Waals surface area contributed by atoms with Crippen molar-refractivity contribution < 1.29 is 0 Å². The molecule has 0 aliphatic heterocycles. The number of benzene rings is 8. The Morgan fingerprint density at radius 3 is 0.905 bits per heavy atom. The van der Waals surface area contributed by atoms with E-state index >= 15 is 0 Å². The molecule has 1 N–H and O–H groups in total. The largest absolute Gasteiger partial charge is 0.336 e. The molecule has 0 amide bonds. The molecule has 10 aromatic rings. The molecule has 0 saturated heterocycles. The van der Waals surface area contributed by atoms with E-state index in [1.165, 1.54) is 22.3 Å². The maximum Gasteiger partial charge on any atom is 0.157 e. The number of aromatic amines is 1. The monoisotopic (exact) mass is 805 g/mol. The van der Waals surface area contributed by atoms with Gasteiger partial charge in [-0.25, -0.2) is 4.98 Å². The SMILES string of the molecule is c1ccc(C(=C(c2ccccc2)c2ccc(-c3nc(-c4ccccn4)[nH]c3-c3ccc(C(=C(c4ccccc4)c4ccccc4)c4ccccc4)cc3)cc2)c2ccccc2)cc1. The molecule has 0 aliphatic carbocycles. The van der Waals surface area contributed by atoms with Crippen LogP contribution in [0.1, 0.15) is 44.5 Å². The van der Waals surface area contributed by atoms with Crippen molar-refractivity contribution in [1.29, 1.82) is 0 Å². The Kier molecular flexibility index (Phi) is 11.1. The first-order valence-corrected chi connectivity index (χ1v) is 21.3. The summed E-state index contributed by atoms with van der Waals surface area (Å²) in [6.07, 6.45) is 1.81. The molecule has 2 aromatic heterocycles. The van der Waals surface area contributed by atoms with Gasteiger partial charge in [-0.1, -0.05) is 237 Å². The number of pyridine rings is 1. The lowest BCUT2D eigenvalue weighted by atomic mass is 9.85. The minimum absolute atomic E-state index is 0.717. The van der Waals surface area contributed by atoms with Crippen molar-refractivity contribution in [3.8, 4) is 34.0 Å². The maximum absolute atomic E-state index is 5.26.